The van der Waals surface area contributed by atoms with Crippen molar-refractivity contribution in [2.45, 2.75) is 0 Å². The van der Waals surface area contributed by atoms with Crippen LogP contribution in [0.25, 0.3) is 0 Å². The number of hydrogen-bond acceptors (Lipinski definition) is 3. The Balaban J connectivity index is 2.38. The molecule has 20 heavy (non-hydrogen) atoms. The fourth-order valence-corrected chi connectivity index (χ4v) is 1.68. The van der Waals surface area contributed by atoms with Gasteiger partial charge in [-0.1, -0.05) is 11.6 Å². The van der Waals surface area contributed by atoms with Gasteiger partial charge >= 0.3 is 0 Å². The molecule has 8 heteroatoms. The largest absolute Gasteiger partial charge is 0.351 e. The summed E-state index contributed by atoms with van der Waals surface area (Å²) >= 11 is 5.53. The summed E-state index contributed by atoms with van der Waals surface area (Å²) in [6.07, 6.45) is 0. The lowest BCUT2D eigenvalue weighted by molar-refractivity contribution is -0.385. The molecule has 0 fully saturated rings. The maximum Gasteiger partial charge on any atom is 0.275 e. The maximum absolute atomic E-state index is 13.6. The second-order valence-corrected chi connectivity index (χ2v) is 4.20. The second kappa shape index (κ2) is 5.38. The Morgan fingerprint density at radius 3 is 2.15 bits per heavy atom. The van der Waals surface area contributed by atoms with E-state index in [1.165, 1.54) is 6.07 Å². The van der Waals surface area contributed by atoms with Crippen LogP contribution < -0.4 is 5.32 Å². The quantitative estimate of drug-likeness (QED) is 0.675. The third-order valence-corrected chi connectivity index (χ3v) is 2.72. The van der Waals surface area contributed by atoms with Gasteiger partial charge in [0.25, 0.3) is 5.69 Å². The zero-order chi connectivity index (χ0) is 14.9. The number of non-ortho nitro benzene ring substituents is 1. The van der Waals surface area contributed by atoms with Crippen LogP contribution in [-0.2, 0) is 0 Å². The van der Waals surface area contributed by atoms with Gasteiger partial charge in [0.1, 0.15) is 11.5 Å². The van der Waals surface area contributed by atoms with Gasteiger partial charge < -0.3 is 5.32 Å². The number of anilines is 2. The van der Waals surface area contributed by atoms with Crippen LogP contribution in [-0.4, -0.2) is 4.92 Å². The average molecular weight is 303 g/mol. The SMILES string of the molecule is O=[N+]([O-])c1cc(F)c(Nc2ccc(F)c(Cl)c2)c(F)c1. The summed E-state index contributed by atoms with van der Waals surface area (Å²) in [4.78, 5) is 9.54. The van der Waals surface area contributed by atoms with Crippen LogP contribution in [0.2, 0.25) is 5.02 Å². The molecule has 0 aliphatic rings. The number of nitrogens with one attached hydrogen (secondary N) is 1. The van der Waals surface area contributed by atoms with E-state index in [0.717, 1.165) is 12.1 Å². The minimum Gasteiger partial charge on any atom is -0.351 e. The highest BCUT2D eigenvalue weighted by Crippen LogP contribution is 2.29. The lowest BCUT2D eigenvalue weighted by atomic mass is 10.2. The van der Waals surface area contributed by atoms with Gasteiger partial charge in [-0.3, -0.25) is 10.1 Å². The van der Waals surface area contributed by atoms with Crippen LogP contribution in [0, 0.1) is 27.6 Å². The van der Waals surface area contributed by atoms with Gasteiger partial charge in [0.15, 0.2) is 11.6 Å². The minimum atomic E-state index is -1.14. The van der Waals surface area contributed by atoms with Gasteiger partial charge in [0.2, 0.25) is 0 Å². The molecular weight excluding hydrogens is 297 g/mol. The topological polar surface area (TPSA) is 55.2 Å². The Morgan fingerprint density at radius 1 is 1.05 bits per heavy atom. The molecular formula is C12H6ClF3N2O2. The van der Waals surface area contributed by atoms with E-state index in [-0.39, 0.29) is 10.7 Å². The van der Waals surface area contributed by atoms with Crippen molar-refractivity contribution in [3.8, 4) is 0 Å². The molecule has 0 saturated heterocycles. The normalized spacial score (nSPS) is 10.4. The second-order valence-electron chi connectivity index (χ2n) is 3.80. The Hall–Kier alpha value is -2.28. The summed E-state index contributed by atoms with van der Waals surface area (Å²) in [5, 5.41) is 12.6. The Kier molecular flexibility index (Phi) is 3.80. The van der Waals surface area contributed by atoms with E-state index < -0.39 is 33.7 Å². The Morgan fingerprint density at radius 2 is 1.65 bits per heavy atom. The van der Waals surface area contributed by atoms with Gasteiger partial charge in [-0.15, -0.1) is 0 Å². The van der Waals surface area contributed by atoms with Crippen LogP contribution in [0.3, 0.4) is 0 Å². The van der Waals surface area contributed by atoms with E-state index in [1.807, 2.05) is 0 Å². The molecule has 0 heterocycles. The molecule has 4 nitrogen and oxygen atoms in total. The summed E-state index contributed by atoms with van der Waals surface area (Å²) in [5.41, 5.74) is -1.15. The molecule has 2 aromatic carbocycles. The zero-order valence-corrected chi connectivity index (χ0v) is 10.4. The van der Waals surface area contributed by atoms with Crippen LogP contribution in [0.4, 0.5) is 30.2 Å². The molecule has 0 atom stereocenters. The molecule has 0 aliphatic heterocycles. The molecule has 0 radical (unpaired) electrons. The summed E-state index contributed by atoms with van der Waals surface area (Å²) in [7, 11) is 0. The van der Waals surface area contributed by atoms with Crippen molar-refractivity contribution in [2.75, 3.05) is 5.32 Å². The molecule has 0 amide bonds. The number of rotatable bonds is 3. The molecule has 0 aliphatic carbocycles. The van der Waals surface area contributed by atoms with Crippen LogP contribution in [0.5, 0.6) is 0 Å². The van der Waals surface area contributed by atoms with Crippen molar-refractivity contribution < 1.29 is 18.1 Å². The summed E-state index contributed by atoms with van der Waals surface area (Å²) in [6.45, 7) is 0. The number of benzene rings is 2. The van der Waals surface area contributed by atoms with E-state index >= 15 is 0 Å². The van der Waals surface area contributed by atoms with Crippen LogP contribution >= 0.6 is 11.6 Å². The van der Waals surface area contributed by atoms with E-state index in [1.54, 1.807) is 0 Å². The van der Waals surface area contributed by atoms with Gasteiger partial charge in [-0.05, 0) is 18.2 Å². The highest BCUT2D eigenvalue weighted by molar-refractivity contribution is 6.31. The molecule has 1 N–H and O–H groups in total. The summed E-state index contributed by atoms with van der Waals surface area (Å²) in [6, 6.07) is 4.54. The third kappa shape index (κ3) is 2.83. The van der Waals surface area contributed by atoms with Gasteiger partial charge in [0.05, 0.1) is 22.1 Å². The first-order chi connectivity index (χ1) is 9.38. The molecule has 0 unspecified atom stereocenters. The molecule has 0 spiro atoms. The lowest BCUT2D eigenvalue weighted by Crippen LogP contribution is -2.00. The van der Waals surface area contributed by atoms with E-state index in [9.17, 15) is 23.3 Å². The highest BCUT2D eigenvalue weighted by atomic mass is 35.5. The zero-order valence-electron chi connectivity index (χ0n) is 9.66. The predicted molar refractivity (Wildman–Crippen MR) is 67.7 cm³/mol. The van der Waals surface area contributed by atoms with Crippen molar-refractivity contribution in [3.05, 3.63) is 62.9 Å². The smallest absolute Gasteiger partial charge is 0.275 e. The highest BCUT2D eigenvalue weighted by Gasteiger charge is 2.17. The van der Waals surface area contributed by atoms with Crippen molar-refractivity contribution in [3.63, 3.8) is 0 Å². The van der Waals surface area contributed by atoms with Gasteiger partial charge in [-0.25, -0.2) is 13.2 Å². The number of nitro groups is 1. The number of hydrogen-bond donors (Lipinski definition) is 1. The van der Waals surface area contributed by atoms with E-state index in [4.69, 9.17) is 11.6 Å². The Bertz CT molecular complexity index is 671. The first-order valence-electron chi connectivity index (χ1n) is 5.24. The van der Waals surface area contributed by atoms with Gasteiger partial charge in [-0.2, -0.15) is 0 Å². The monoisotopic (exact) mass is 302 g/mol. The summed E-state index contributed by atoms with van der Waals surface area (Å²) in [5.74, 6) is -2.96. The van der Waals surface area contributed by atoms with Crippen molar-refractivity contribution >= 4 is 28.7 Å². The number of halogens is 4. The van der Waals surface area contributed by atoms with E-state index in [2.05, 4.69) is 5.32 Å². The predicted octanol–water partition coefficient (Wildman–Crippen LogP) is 4.41. The fraction of sp³-hybridized carbons (Fsp3) is 0. The third-order valence-electron chi connectivity index (χ3n) is 2.43. The van der Waals surface area contributed by atoms with Gasteiger partial charge in [0, 0.05) is 5.69 Å². The number of nitrogens with zero attached hydrogens (tertiary/aromatic N) is 1. The first-order valence-corrected chi connectivity index (χ1v) is 5.62. The van der Waals surface area contributed by atoms with Crippen LogP contribution in [0.15, 0.2) is 30.3 Å². The van der Waals surface area contributed by atoms with Crippen LogP contribution in [0.1, 0.15) is 0 Å². The number of nitro benzene ring substituents is 1. The fourth-order valence-electron chi connectivity index (χ4n) is 1.50. The standard InChI is InChI=1S/C12H6ClF3N2O2/c13-8-3-6(1-2-9(8)14)17-12-10(15)4-7(18(19)20)5-11(12)16/h1-5,17H. The Labute approximate surface area is 115 Å². The van der Waals surface area contributed by atoms with Crippen molar-refractivity contribution in [1.82, 2.24) is 0 Å². The molecule has 2 rings (SSSR count). The maximum atomic E-state index is 13.6. The van der Waals surface area contributed by atoms with E-state index in [0.29, 0.717) is 12.1 Å². The molecule has 0 aromatic heterocycles. The van der Waals surface area contributed by atoms with Crippen molar-refractivity contribution in [2.24, 2.45) is 0 Å². The molecule has 2 aromatic rings. The van der Waals surface area contributed by atoms with Crippen molar-refractivity contribution in [1.29, 1.82) is 0 Å². The average Bonchev–Trinajstić information content (AvgIpc) is 2.37. The summed E-state index contributed by atoms with van der Waals surface area (Å²) < 4.78 is 40.2. The molecule has 0 saturated carbocycles. The lowest BCUT2D eigenvalue weighted by Gasteiger charge is -2.09. The molecule has 0 bridgehead atoms. The minimum absolute atomic E-state index is 0.142. The first kappa shape index (κ1) is 14.1. The molecule has 104 valence electrons.